The van der Waals surface area contributed by atoms with Crippen molar-refractivity contribution < 1.29 is 22.0 Å². The number of aromatic nitrogens is 3. The van der Waals surface area contributed by atoms with E-state index >= 15 is 8.78 Å². The first-order valence-electron chi connectivity index (χ1n) is 15.1. The number of pyridine rings is 1. The van der Waals surface area contributed by atoms with Gasteiger partial charge < -0.3 is 0 Å². The summed E-state index contributed by atoms with van der Waals surface area (Å²) in [5.41, 5.74) is 3.06. The van der Waals surface area contributed by atoms with Crippen molar-refractivity contribution in [2.24, 2.45) is 0 Å². The Morgan fingerprint density at radius 3 is 1.59 bits per heavy atom. The highest BCUT2D eigenvalue weighted by Gasteiger charge is 2.30. The summed E-state index contributed by atoms with van der Waals surface area (Å²) in [7, 11) is 0. The summed E-state index contributed by atoms with van der Waals surface area (Å²) in [5, 5.41) is 10.3. The number of hydrogen-bond donors (Lipinski definition) is 0. The molecule has 0 aliphatic rings. The minimum Gasteiger partial charge on any atom is -0.247 e. The minimum absolute atomic E-state index is 0.136. The van der Waals surface area contributed by atoms with Crippen LogP contribution in [0.5, 0.6) is 0 Å². The monoisotopic (exact) mass is 650 g/mol. The lowest BCUT2D eigenvalue weighted by atomic mass is 9.90. The van der Waals surface area contributed by atoms with E-state index in [9.17, 15) is 18.4 Å². The predicted octanol–water partition coefficient (Wildman–Crippen LogP) is 10.6. The Bertz CT molecular complexity index is 2630. The van der Waals surface area contributed by atoms with Crippen LogP contribution in [0.4, 0.5) is 22.0 Å². The van der Waals surface area contributed by atoms with Crippen LogP contribution in [0, 0.1) is 40.4 Å². The second-order valence-corrected chi connectivity index (χ2v) is 11.3. The summed E-state index contributed by atoms with van der Waals surface area (Å²) >= 11 is 0. The van der Waals surface area contributed by atoms with Gasteiger partial charge in [0.2, 0.25) is 5.82 Å². The lowest BCUT2D eigenvalue weighted by Gasteiger charge is -2.19. The van der Waals surface area contributed by atoms with Gasteiger partial charge in [-0.1, -0.05) is 91.0 Å². The van der Waals surface area contributed by atoms with E-state index in [0.29, 0.717) is 50.2 Å². The minimum atomic E-state index is -2.26. The van der Waals surface area contributed by atoms with Crippen molar-refractivity contribution in [1.29, 1.82) is 5.26 Å². The molecule has 0 N–H and O–H groups in total. The van der Waals surface area contributed by atoms with Crippen molar-refractivity contribution in [3.05, 3.63) is 150 Å². The molecule has 8 aromatic rings. The van der Waals surface area contributed by atoms with E-state index in [1.54, 1.807) is 48.5 Å². The van der Waals surface area contributed by atoms with Gasteiger partial charge in [-0.15, -0.1) is 0 Å². The summed E-state index contributed by atoms with van der Waals surface area (Å²) in [6.45, 7) is 0. The van der Waals surface area contributed by atoms with Gasteiger partial charge in [0.05, 0.1) is 50.8 Å². The van der Waals surface area contributed by atoms with E-state index in [1.165, 1.54) is 6.07 Å². The topological polar surface area (TPSA) is 62.5 Å². The molecule has 49 heavy (non-hydrogen) atoms. The van der Waals surface area contributed by atoms with Gasteiger partial charge in [-0.25, -0.2) is 36.9 Å². The van der Waals surface area contributed by atoms with Crippen LogP contribution in [0.15, 0.2) is 115 Å². The zero-order valence-corrected chi connectivity index (χ0v) is 25.1. The fourth-order valence-electron chi connectivity index (χ4n) is 6.21. The van der Waals surface area contributed by atoms with Crippen LogP contribution < -0.4 is 0 Å². The fraction of sp³-hybridized carbons (Fsp3) is 0. The molecule has 0 atom stereocenters. The van der Waals surface area contributed by atoms with Crippen LogP contribution in [-0.4, -0.2) is 15.0 Å². The van der Waals surface area contributed by atoms with Gasteiger partial charge in [0, 0.05) is 32.8 Å². The SMILES string of the molecule is N#Cc1ccc(-c2nc3ccccc3c3c(-c4c(F)c(F)c(F)c(F)c4F)cc4nc(-c5ccccc5)c(-c5ccccc5)nc4c23)cc1. The largest absolute Gasteiger partial charge is 0.247 e. The molecule has 2 aromatic heterocycles. The number of hydrogen-bond acceptors (Lipinski definition) is 4. The number of rotatable bonds is 4. The van der Waals surface area contributed by atoms with Crippen molar-refractivity contribution in [1.82, 2.24) is 15.0 Å². The molecule has 0 aliphatic heterocycles. The molecule has 0 amide bonds. The van der Waals surface area contributed by atoms with E-state index in [2.05, 4.69) is 6.07 Å². The molecule has 0 radical (unpaired) electrons. The highest BCUT2D eigenvalue weighted by Crippen LogP contribution is 2.45. The van der Waals surface area contributed by atoms with Crippen molar-refractivity contribution >= 4 is 32.7 Å². The van der Waals surface area contributed by atoms with Crippen molar-refractivity contribution in [2.75, 3.05) is 0 Å². The maximum absolute atomic E-state index is 15.7. The Kier molecular flexibility index (Phi) is 7.07. The van der Waals surface area contributed by atoms with E-state index < -0.39 is 34.6 Å². The lowest BCUT2D eigenvalue weighted by molar-refractivity contribution is 0.381. The zero-order valence-electron chi connectivity index (χ0n) is 25.1. The van der Waals surface area contributed by atoms with Gasteiger partial charge >= 0.3 is 0 Å². The smallest absolute Gasteiger partial charge is 0.200 e. The van der Waals surface area contributed by atoms with Crippen LogP contribution in [0.3, 0.4) is 0 Å². The lowest BCUT2D eigenvalue weighted by Crippen LogP contribution is -2.05. The third kappa shape index (κ3) is 4.76. The molecule has 0 spiro atoms. The molecule has 0 saturated heterocycles. The average Bonchev–Trinajstić information content (AvgIpc) is 3.16. The summed E-state index contributed by atoms with van der Waals surface area (Å²) in [4.78, 5) is 15.1. The highest BCUT2D eigenvalue weighted by atomic mass is 19.2. The van der Waals surface area contributed by atoms with Gasteiger partial charge in [-0.3, -0.25) is 0 Å². The van der Waals surface area contributed by atoms with Gasteiger partial charge in [0.15, 0.2) is 23.3 Å². The number of nitriles is 1. The van der Waals surface area contributed by atoms with Gasteiger partial charge in [-0.2, -0.15) is 5.26 Å². The Morgan fingerprint density at radius 2 is 0.980 bits per heavy atom. The zero-order chi connectivity index (χ0) is 33.8. The van der Waals surface area contributed by atoms with Crippen LogP contribution in [0.1, 0.15) is 5.56 Å². The molecule has 0 aliphatic carbocycles. The first-order valence-corrected chi connectivity index (χ1v) is 15.1. The van der Waals surface area contributed by atoms with Gasteiger partial charge in [0.1, 0.15) is 0 Å². The number of fused-ring (bicyclic) bond motifs is 5. The molecule has 0 fully saturated rings. The second-order valence-electron chi connectivity index (χ2n) is 11.3. The first kappa shape index (κ1) is 29.8. The fourth-order valence-corrected chi connectivity index (χ4v) is 6.21. The van der Waals surface area contributed by atoms with Crippen LogP contribution in [0.2, 0.25) is 0 Å². The Labute approximate surface area is 275 Å². The standard InChI is InChI=1S/C40H19F5N4/c41-32-30(33(42)35(44)36(45)34(32)43)26-19-28-40(49-39(23-11-5-2-6-12-23)38(48-28)22-9-3-1-4-10-22)31-29(26)25-13-7-8-14-27(25)47-37(31)24-17-15-21(20-46)16-18-24/h1-19H. The Hall–Kier alpha value is -6.53. The first-order chi connectivity index (χ1) is 23.9. The quantitative estimate of drug-likeness (QED) is 0.0823. The number of halogens is 5. The molecule has 2 heterocycles. The molecule has 9 heteroatoms. The molecule has 4 nitrogen and oxygen atoms in total. The van der Waals surface area contributed by atoms with Crippen molar-refractivity contribution in [3.63, 3.8) is 0 Å². The van der Waals surface area contributed by atoms with Crippen LogP contribution >= 0.6 is 0 Å². The molecular formula is C40H19F5N4. The van der Waals surface area contributed by atoms with E-state index in [-0.39, 0.29) is 21.9 Å². The van der Waals surface area contributed by atoms with Crippen LogP contribution in [0.25, 0.3) is 77.6 Å². The number of nitrogens with zero attached hydrogens (tertiary/aromatic N) is 4. The molecule has 0 bridgehead atoms. The molecule has 0 saturated carbocycles. The Morgan fingerprint density at radius 1 is 0.469 bits per heavy atom. The predicted molar refractivity (Wildman–Crippen MR) is 179 cm³/mol. The highest BCUT2D eigenvalue weighted by molar-refractivity contribution is 6.25. The molecular weight excluding hydrogens is 631 g/mol. The third-order valence-electron chi connectivity index (χ3n) is 8.46. The number of benzene rings is 6. The summed E-state index contributed by atoms with van der Waals surface area (Å²) < 4.78 is 75.5. The summed E-state index contributed by atoms with van der Waals surface area (Å²) in [5.74, 6) is -10.3. The molecule has 0 unspecified atom stereocenters. The second kappa shape index (κ2) is 11.6. The maximum Gasteiger partial charge on any atom is 0.200 e. The van der Waals surface area contributed by atoms with E-state index in [1.807, 2.05) is 60.7 Å². The van der Waals surface area contributed by atoms with E-state index in [0.717, 1.165) is 5.56 Å². The molecule has 6 aromatic carbocycles. The summed E-state index contributed by atoms with van der Waals surface area (Å²) in [6, 6.07) is 35.2. The third-order valence-corrected chi connectivity index (χ3v) is 8.46. The molecule has 8 rings (SSSR count). The molecule has 234 valence electrons. The summed E-state index contributed by atoms with van der Waals surface area (Å²) in [6.07, 6.45) is 0. The maximum atomic E-state index is 15.7. The van der Waals surface area contributed by atoms with Gasteiger partial charge in [0.25, 0.3) is 0 Å². The van der Waals surface area contributed by atoms with Crippen LogP contribution in [-0.2, 0) is 0 Å². The Balaban J connectivity index is 1.64. The number of para-hydroxylation sites is 1. The van der Waals surface area contributed by atoms with E-state index in [4.69, 9.17) is 15.0 Å². The van der Waals surface area contributed by atoms with Crippen molar-refractivity contribution in [2.45, 2.75) is 0 Å². The normalized spacial score (nSPS) is 11.3. The van der Waals surface area contributed by atoms with Crippen molar-refractivity contribution in [3.8, 4) is 51.0 Å². The van der Waals surface area contributed by atoms with Gasteiger partial charge in [-0.05, 0) is 29.8 Å². The average molecular weight is 651 g/mol.